The third kappa shape index (κ3) is 2.63. The molecule has 0 spiro atoms. The molecular formula is C17H22N2O. The molecule has 0 saturated carbocycles. The summed E-state index contributed by atoms with van der Waals surface area (Å²) in [6.45, 7) is 6.14. The van der Waals surface area contributed by atoms with E-state index in [0.717, 1.165) is 24.0 Å². The smallest absolute Gasteiger partial charge is 0.161 e. The molecule has 0 radical (unpaired) electrons. The molecule has 20 heavy (non-hydrogen) atoms. The monoisotopic (exact) mass is 270 g/mol. The van der Waals surface area contributed by atoms with Crippen molar-refractivity contribution in [1.29, 1.82) is 0 Å². The maximum absolute atomic E-state index is 11.8. The van der Waals surface area contributed by atoms with Crippen LogP contribution in [0.5, 0.6) is 0 Å². The van der Waals surface area contributed by atoms with Gasteiger partial charge >= 0.3 is 0 Å². The molecule has 1 aromatic carbocycles. The van der Waals surface area contributed by atoms with Crippen LogP contribution in [0, 0.1) is 0 Å². The molecule has 0 amide bonds. The van der Waals surface area contributed by atoms with Crippen molar-refractivity contribution in [1.82, 2.24) is 9.47 Å². The molecule has 0 N–H and O–H groups in total. The quantitative estimate of drug-likeness (QED) is 0.796. The zero-order valence-corrected chi connectivity index (χ0v) is 12.1. The number of carbonyl (C=O) groups excluding carboxylic acids is 1. The molecule has 0 unspecified atom stereocenters. The second kappa shape index (κ2) is 5.80. The molecule has 1 aliphatic rings. The summed E-state index contributed by atoms with van der Waals surface area (Å²) < 4.78 is 2.24. The molecule has 1 aliphatic heterocycles. The minimum atomic E-state index is 0.151. The van der Waals surface area contributed by atoms with Gasteiger partial charge in [0, 0.05) is 35.8 Å². The summed E-state index contributed by atoms with van der Waals surface area (Å²) in [5, 5.41) is 1.08. The molecule has 1 aromatic heterocycles. The van der Waals surface area contributed by atoms with Crippen molar-refractivity contribution in [3.63, 3.8) is 0 Å². The van der Waals surface area contributed by atoms with Crippen molar-refractivity contribution < 1.29 is 4.79 Å². The number of para-hydroxylation sites is 1. The van der Waals surface area contributed by atoms with Gasteiger partial charge in [0.1, 0.15) is 0 Å². The summed E-state index contributed by atoms with van der Waals surface area (Å²) in [6, 6.07) is 8.20. The fraction of sp³-hybridized carbons (Fsp3) is 0.471. The summed E-state index contributed by atoms with van der Waals surface area (Å²) in [7, 11) is 0. The number of ketones is 1. The van der Waals surface area contributed by atoms with E-state index in [2.05, 4.69) is 15.5 Å². The van der Waals surface area contributed by atoms with Gasteiger partial charge in [-0.05, 0) is 38.9 Å². The number of hydrogen-bond donors (Lipinski definition) is 0. The first-order valence-corrected chi connectivity index (χ1v) is 7.57. The number of rotatable bonds is 4. The van der Waals surface area contributed by atoms with Crippen LogP contribution >= 0.6 is 0 Å². The molecule has 0 bridgehead atoms. The fourth-order valence-electron chi connectivity index (χ4n) is 3.14. The number of likely N-dealkylation sites (tertiary alicyclic amines) is 1. The van der Waals surface area contributed by atoms with E-state index in [1.54, 1.807) is 6.92 Å². The van der Waals surface area contributed by atoms with E-state index in [-0.39, 0.29) is 5.78 Å². The number of aromatic nitrogens is 1. The number of carbonyl (C=O) groups is 1. The van der Waals surface area contributed by atoms with Crippen molar-refractivity contribution >= 4 is 16.7 Å². The largest absolute Gasteiger partial charge is 0.345 e. The van der Waals surface area contributed by atoms with Crippen LogP contribution in [0.15, 0.2) is 30.5 Å². The van der Waals surface area contributed by atoms with Crippen LogP contribution < -0.4 is 0 Å². The maximum Gasteiger partial charge on any atom is 0.161 e. The van der Waals surface area contributed by atoms with Gasteiger partial charge in [-0.3, -0.25) is 4.79 Å². The normalized spacial score (nSPS) is 16.6. The summed E-state index contributed by atoms with van der Waals surface area (Å²) >= 11 is 0. The van der Waals surface area contributed by atoms with Gasteiger partial charge in [-0.1, -0.05) is 24.6 Å². The number of nitrogens with zero attached hydrogens (tertiary/aromatic N) is 2. The Morgan fingerprint density at radius 3 is 2.60 bits per heavy atom. The molecular weight excluding hydrogens is 248 g/mol. The Morgan fingerprint density at radius 1 is 1.10 bits per heavy atom. The van der Waals surface area contributed by atoms with E-state index >= 15 is 0 Å². The van der Waals surface area contributed by atoms with Gasteiger partial charge in [-0.25, -0.2) is 0 Å². The fourth-order valence-corrected chi connectivity index (χ4v) is 3.14. The third-order valence-corrected chi connectivity index (χ3v) is 4.27. The standard InChI is InChI=1S/C17H22N2O/c1-14(20)16-13-19(17-8-4-3-7-15(16)17)12-11-18-9-5-2-6-10-18/h3-4,7-8,13H,2,5-6,9-12H2,1H3. The van der Waals surface area contributed by atoms with Crippen molar-refractivity contribution in [2.24, 2.45) is 0 Å². The lowest BCUT2D eigenvalue weighted by atomic mass is 10.1. The molecule has 2 aromatic rings. The van der Waals surface area contributed by atoms with Crippen LogP contribution in [-0.2, 0) is 6.54 Å². The summed E-state index contributed by atoms with van der Waals surface area (Å²) in [5.41, 5.74) is 2.02. The Labute approximate surface area is 120 Å². The lowest BCUT2D eigenvalue weighted by molar-refractivity contribution is 0.101. The predicted octanol–water partition coefficient (Wildman–Crippen LogP) is 3.33. The minimum Gasteiger partial charge on any atom is -0.345 e. The highest BCUT2D eigenvalue weighted by atomic mass is 16.1. The molecule has 3 nitrogen and oxygen atoms in total. The second-order valence-corrected chi connectivity index (χ2v) is 5.71. The zero-order chi connectivity index (χ0) is 13.9. The van der Waals surface area contributed by atoms with Crippen molar-refractivity contribution in [2.45, 2.75) is 32.7 Å². The van der Waals surface area contributed by atoms with Crippen LogP contribution in [0.1, 0.15) is 36.5 Å². The Morgan fingerprint density at radius 2 is 1.85 bits per heavy atom. The van der Waals surface area contributed by atoms with Gasteiger partial charge in [0.05, 0.1) is 0 Å². The Kier molecular flexibility index (Phi) is 3.88. The van der Waals surface area contributed by atoms with E-state index in [4.69, 9.17) is 0 Å². The molecule has 2 heterocycles. The van der Waals surface area contributed by atoms with Crippen LogP contribution in [0.3, 0.4) is 0 Å². The Hall–Kier alpha value is -1.61. The van der Waals surface area contributed by atoms with E-state index in [0.29, 0.717) is 0 Å². The van der Waals surface area contributed by atoms with E-state index in [9.17, 15) is 4.79 Å². The van der Waals surface area contributed by atoms with Gasteiger partial charge in [0.25, 0.3) is 0 Å². The first kappa shape index (κ1) is 13.4. The van der Waals surface area contributed by atoms with Gasteiger partial charge in [-0.2, -0.15) is 0 Å². The van der Waals surface area contributed by atoms with Gasteiger partial charge in [-0.15, -0.1) is 0 Å². The van der Waals surface area contributed by atoms with Crippen molar-refractivity contribution in [3.05, 3.63) is 36.0 Å². The summed E-state index contributed by atoms with van der Waals surface area (Å²) in [6.07, 6.45) is 6.05. The van der Waals surface area contributed by atoms with Crippen LogP contribution in [0.25, 0.3) is 10.9 Å². The van der Waals surface area contributed by atoms with Crippen molar-refractivity contribution in [2.75, 3.05) is 19.6 Å². The highest BCUT2D eigenvalue weighted by molar-refractivity contribution is 6.06. The van der Waals surface area contributed by atoms with Gasteiger partial charge in [0.2, 0.25) is 0 Å². The molecule has 0 atom stereocenters. The second-order valence-electron chi connectivity index (χ2n) is 5.71. The highest BCUT2D eigenvalue weighted by Gasteiger charge is 2.13. The molecule has 3 heteroatoms. The average Bonchev–Trinajstić information content (AvgIpc) is 2.85. The van der Waals surface area contributed by atoms with E-state index in [1.165, 1.54) is 37.9 Å². The number of fused-ring (bicyclic) bond motifs is 1. The lowest BCUT2D eigenvalue weighted by Gasteiger charge is -2.26. The number of piperidine rings is 1. The first-order valence-electron chi connectivity index (χ1n) is 7.57. The summed E-state index contributed by atoms with van der Waals surface area (Å²) in [4.78, 5) is 14.3. The number of benzene rings is 1. The number of Topliss-reactive ketones (excluding diaryl/α,β-unsaturated/α-hetero) is 1. The van der Waals surface area contributed by atoms with Crippen LogP contribution in [-0.4, -0.2) is 34.9 Å². The van der Waals surface area contributed by atoms with Gasteiger partial charge < -0.3 is 9.47 Å². The Bertz CT molecular complexity index is 608. The Balaban J connectivity index is 1.82. The SMILES string of the molecule is CC(=O)c1cn(CCN2CCCCC2)c2ccccc12. The predicted molar refractivity (Wildman–Crippen MR) is 82.2 cm³/mol. The molecule has 106 valence electrons. The molecule has 1 fully saturated rings. The molecule has 1 saturated heterocycles. The van der Waals surface area contributed by atoms with E-state index in [1.807, 2.05) is 24.4 Å². The van der Waals surface area contributed by atoms with Gasteiger partial charge in [0.15, 0.2) is 5.78 Å². The topological polar surface area (TPSA) is 25.2 Å². The first-order chi connectivity index (χ1) is 9.75. The molecule has 3 rings (SSSR count). The lowest BCUT2D eigenvalue weighted by Crippen LogP contribution is -2.32. The maximum atomic E-state index is 11.8. The summed E-state index contributed by atoms with van der Waals surface area (Å²) in [5.74, 6) is 0.151. The van der Waals surface area contributed by atoms with Crippen LogP contribution in [0.4, 0.5) is 0 Å². The van der Waals surface area contributed by atoms with Crippen LogP contribution in [0.2, 0.25) is 0 Å². The van der Waals surface area contributed by atoms with Crippen molar-refractivity contribution in [3.8, 4) is 0 Å². The molecule has 0 aliphatic carbocycles. The third-order valence-electron chi connectivity index (χ3n) is 4.27. The minimum absolute atomic E-state index is 0.151. The highest BCUT2D eigenvalue weighted by Crippen LogP contribution is 2.22. The zero-order valence-electron chi connectivity index (χ0n) is 12.1. The number of hydrogen-bond acceptors (Lipinski definition) is 2. The van der Waals surface area contributed by atoms with E-state index < -0.39 is 0 Å². The average molecular weight is 270 g/mol.